The molecule has 1 aliphatic carbocycles. The molecule has 1 fully saturated rings. The number of hydrogen-bond acceptors (Lipinski definition) is 2. The molecule has 1 aromatic heterocycles. The van der Waals surface area contributed by atoms with Crippen molar-refractivity contribution in [1.29, 1.82) is 0 Å². The fraction of sp³-hybridized carbons (Fsp3) is 0.429. The lowest BCUT2D eigenvalue weighted by atomic mass is 10.2. The second kappa shape index (κ2) is 1.82. The van der Waals surface area contributed by atoms with E-state index in [1.165, 1.54) is 12.0 Å². The van der Waals surface area contributed by atoms with Gasteiger partial charge in [-0.1, -0.05) is 0 Å². The number of rotatable bonds is 1. The molecule has 2 heteroatoms. The summed E-state index contributed by atoms with van der Waals surface area (Å²) in [5.41, 5.74) is 7.10. The van der Waals surface area contributed by atoms with Crippen LogP contribution in [0.1, 0.15) is 17.9 Å². The first kappa shape index (κ1) is 5.45. The van der Waals surface area contributed by atoms with Gasteiger partial charge < -0.3 is 5.73 Å². The van der Waals surface area contributed by atoms with E-state index in [0.29, 0.717) is 12.0 Å². The Labute approximate surface area is 58.5 Å². The molecule has 0 amide bonds. The Hall–Kier alpha value is -0.340. The Morgan fingerprint density at radius 3 is 2.89 bits per heavy atom. The van der Waals surface area contributed by atoms with Crippen LogP contribution in [-0.4, -0.2) is 6.04 Å². The number of hydrogen-bond donors (Lipinski definition) is 1. The van der Waals surface area contributed by atoms with Gasteiger partial charge in [0, 0.05) is 12.0 Å². The first-order valence-electron chi connectivity index (χ1n) is 3.15. The van der Waals surface area contributed by atoms with Crippen molar-refractivity contribution in [2.24, 2.45) is 5.73 Å². The van der Waals surface area contributed by atoms with Crippen LogP contribution in [0.5, 0.6) is 0 Å². The van der Waals surface area contributed by atoms with Gasteiger partial charge in [-0.25, -0.2) is 0 Å². The molecule has 2 rings (SSSR count). The molecule has 1 nitrogen and oxygen atoms in total. The molecule has 0 radical (unpaired) electrons. The van der Waals surface area contributed by atoms with E-state index in [2.05, 4.69) is 16.8 Å². The van der Waals surface area contributed by atoms with Crippen LogP contribution in [0.25, 0.3) is 0 Å². The van der Waals surface area contributed by atoms with Crippen molar-refractivity contribution in [2.45, 2.75) is 18.4 Å². The van der Waals surface area contributed by atoms with Gasteiger partial charge in [-0.2, -0.15) is 11.3 Å². The molecule has 2 atom stereocenters. The smallest absolute Gasteiger partial charge is 0.0115 e. The zero-order valence-electron chi connectivity index (χ0n) is 5.08. The van der Waals surface area contributed by atoms with Gasteiger partial charge in [-0.15, -0.1) is 0 Å². The Bertz CT molecular complexity index is 193. The van der Waals surface area contributed by atoms with Crippen molar-refractivity contribution < 1.29 is 0 Å². The summed E-state index contributed by atoms with van der Waals surface area (Å²) >= 11 is 1.75. The lowest BCUT2D eigenvalue weighted by molar-refractivity contribution is 0.995. The van der Waals surface area contributed by atoms with Crippen molar-refractivity contribution in [3.05, 3.63) is 22.4 Å². The summed E-state index contributed by atoms with van der Waals surface area (Å²) in [6, 6.07) is 2.63. The molecule has 1 saturated carbocycles. The quantitative estimate of drug-likeness (QED) is 0.628. The minimum absolute atomic E-state index is 0.458. The second-order valence-corrected chi connectivity index (χ2v) is 3.34. The fourth-order valence-corrected chi connectivity index (χ4v) is 1.81. The topological polar surface area (TPSA) is 26.0 Å². The van der Waals surface area contributed by atoms with Gasteiger partial charge in [-0.3, -0.25) is 0 Å². The molecule has 0 bridgehead atoms. The van der Waals surface area contributed by atoms with Crippen LogP contribution >= 0.6 is 11.3 Å². The van der Waals surface area contributed by atoms with Gasteiger partial charge in [-0.05, 0) is 28.8 Å². The lowest BCUT2D eigenvalue weighted by Crippen LogP contribution is -1.99. The van der Waals surface area contributed by atoms with E-state index < -0.39 is 0 Å². The maximum atomic E-state index is 5.66. The second-order valence-electron chi connectivity index (χ2n) is 2.56. The van der Waals surface area contributed by atoms with Crippen LogP contribution in [0.3, 0.4) is 0 Å². The molecule has 0 aromatic carbocycles. The molecule has 9 heavy (non-hydrogen) atoms. The van der Waals surface area contributed by atoms with Crippen molar-refractivity contribution >= 4 is 11.3 Å². The Balaban J connectivity index is 2.18. The number of thiophene rings is 1. The fourth-order valence-electron chi connectivity index (χ4n) is 1.08. The van der Waals surface area contributed by atoms with E-state index in [0.717, 1.165) is 0 Å². The van der Waals surface area contributed by atoms with E-state index in [4.69, 9.17) is 5.73 Å². The third-order valence-corrected chi connectivity index (χ3v) is 2.51. The predicted octanol–water partition coefficient (Wildman–Crippen LogP) is 1.56. The highest BCUT2D eigenvalue weighted by Gasteiger charge is 2.34. The van der Waals surface area contributed by atoms with Crippen LogP contribution in [0.2, 0.25) is 0 Å². The summed E-state index contributed by atoms with van der Waals surface area (Å²) in [5.74, 6) is 0.691. The number of nitrogens with two attached hydrogens (primary N) is 1. The normalized spacial score (nSPS) is 32.6. The minimum atomic E-state index is 0.458. The highest BCUT2D eigenvalue weighted by atomic mass is 32.1. The SMILES string of the molecule is NC1CC1c1ccsc1. The van der Waals surface area contributed by atoms with Crippen molar-refractivity contribution in [2.75, 3.05) is 0 Å². The first-order valence-corrected chi connectivity index (χ1v) is 4.10. The van der Waals surface area contributed by atoms with Gasteiger partial charge in [0.1, 0.15) is 0 Å². The molecule has 2 N–H and O–H groups in total. The molecule has 0 saturated heterocycles. The largest absolute Gasteiger partial charge is 0.327 e. The monoisotopic (exact) mass is 139 g/mol. The standard InChI is InChI=1S/C7H9NS/c8-7-3-6(7)5-1-2-9-4-5/h1-2,4,6-7H,3,8H2. The molecular weight excluding hydrogens is 130 g/mol. The summed E-state index contributed by atoms with van der Waals surface area (Å²) in [5, 5.41) is 4.30. The van der Waals surface area contributed by atoms with Gasteiger partial charge in [0.2, 0.25) is 0 Å². The average Bonchev–Trinajstić information content (AvgIpc) is 2.44. The molecule has 2 unspecified atom stereocenters. The maximum Gasteiger partial charge on any atom is 0.0115 e. The van der Waals surface area contributed by atoms with E-state index in [1.807, 2.05) is 0 Å². The highest BCUT2D eigenvalue weighted by Crippen LogP contribution is 2.39. The van der Waals surface area contributed by atoms with E-state index in [9.17, 15) is 0 Å². The van der Waals surface area contributed by atoms with Gasteiger partial charge in [0.15, 0.2) is 0 Å². The van der Waals surface area contributed by atoms with Crippen molar-refractivity contribution in [3.63, 3.8) is 0 Å². The maximum absolute atomic E-state index is 5.66. The van der Waals surface area contributed by atoms with E-state index in [-0.39, 0.29) is 0 Å². The Morgan fingerprint density at radius 2 is 2.44 bits per heavy atom. The molecule has 0 aliphatic heterocycles. The zero-order valence-corrected chi connectivity index (χ0v) is 5.90. The van der Waals surface area contributed by atoms with Gasteiger partial charge in [0.05, 0.1) is 0 Å². The summed E-state index contributed by atoms with van der Waals surface area (Å²) < 4.78 is 0. The minimum Gasteiger partial charge on any atom is -0.327 e. The zero-order chi connectivity index (χ0) is 6.27. The van der Waals surface area contributed by atoms with Crippen LogP contribution in [0.15, 0.2) is 16.8 Å². The summed E-state index contributed by atoms with van der Waals surface area (Å²) in [6.45, 7) is 0. The molecule has 48 valence electrons. The van der Waals surface area contributed by atoms with Gasteiger partial charge in [0.25, 0.3) is 0 Å². The van der Waals surface area contributed by atoms with Crippen molar-refractivity contribution in [3.8, 4) is 0 Å². The highest BCUT2D eigenvalue weighted by molar-refractivity contribution is 7.08. The van der Waals surface area contributed by atoms with Crippen LogP contribution in [-0.2, 0) is 0 Å². The summed E-state index contributed by atoms with van der Waals surface area (Å²) in [6.07, 6.45) is 1.19. The van der Waals surface area contributed by atoms with E-state index >= 15 is 0 Å². The van der Waals surface area contributed by atoms with Crippen LogP contribution in [0, 0.1) is 0 Å². The van der Waals surface area contributed by atoms with Crippen molar-refractivity contribution in [1.82, 2.24) is 0 Å². The Morgan fingerprint density at radius 1 is 1.67 bits per heavy atom. The van der Waals surface area contributed by atoms with Gasteiger partial charge >= 0.3 is 0 Å². The summed E-state index contributed by atoms with van der Waals surface area (Å²) in [7, 11) is 0. The molecule has 1 aliphatic rings. The molecule has 1 heterocycles. The first-order chi connectivity index (χ1) is 4.38. The molecule has 0 spiro atoms. The van der Waals surface area contributed by atoms with Crippen LogP contribution < -0.4 is 5.73 Å². The molecule has 1 aromatic rings. The van der Waals surface area contributed by atoms with E-state index in [1.54, 1.807) is 11.3 Å². The van der Waals surface area contributed by atoms with Crippen LogP contribution in [0.4, 0.5) is 0 Å². The third-order valence-electron chi connectivity index (χ3n) is 1.81. The Kier molecular flexibility index (Phi) is 1.10. The average molecular weight is 139 g/mol. The predicted molar refractivity (Wildman–Crippen MR) is 39.7 cm³/mol. The summed E-state index contributed by atoms with van der Waals surface area (Å²) in [4.78, 5) is 0. The third kappa shape index (κ3) is 0.884. The lowest BCUT2D eigenvalue weighted by Gasteiger charge is -1.86. The molecular formula is C7H9NS.